The van der Waals surface area contributed by atoms with E-state index in [2.05, 4.69) is 25.8 Å². The van der Waals surface area contributed by atoms with Crippen LogP contribution in [-0.4, -0.2) is 55.2 Å². The van der Waals surface area contributed by atoms with Crippen LogP contribution in [0.4, 0.5) is 5.69 Å². The first-order valence-corrected chi connectivity index (χ1v) is 17.1. The molecule has 0 aromatic heterocycles. The second kappa shape index (κ2) is 12.6. The number of anilines is 1. The van der Waals surface area contributed by atoms with Gasteiger partial charge in [0.25, 0.3) is 5.91 Å². The van der Waals surface area contributed by atoms with Crippen molar-refractivity contribution in [2.24, 2.45) is 4.99 Å². The monoisotopic (exact) mass is 590 g/mol. The Morgan fingerprint density at radius 1 is 1.13 bits per heavy atom. The van der Waals surface area contributed by atoms with Gasteiger partial charge in [-0.15, -0.1) is 0 Å². The number of aliphatic imine (C=N–C) groups is 1. The predicted molar refractivity (Wildman–Crippen MR) is 164 cm³/mol. The van der Waals surface area contributed by atoms with Gasteiger partial charge in [-0.3, -0.25) is 14.7 Å². The van der Waals surface area contributed by atoms with Crippen molar-refractivity contribution in [1.82, 2.24) is 0 Å². The van der Waals surface area contributed by atoms with Gasteiger partial charge in [-0.1, -0.05) is 63.6 Å². The minimum Gasteiger partial charge on any atom is -0.486 e. The summed E-state index contributed by atoms with van der Waals surface area (Å²) in [6.45, 7) is 14.3. The molecule has 1 fully saturated rings. The molecule has 0 unspecified atom stereocenters. The average Bonchev–Trinajstić information content (AvgIpc) is 3.15. The van der Waals surface area contributed by atoms with Crippen LogP contribution in [0.25, 0.3) is 6.08 Å². The zero-order valence-electron chi connectivity index (χ0n) is 23.7. The van der Waals surface area contributed by atoms with Crippen molar-refractivity contribution in [1.29, 1.82) is 0 Å². The third kappa shape index (κ3) is 7.96. The lowest BCUT2D eigenvalue weighted by atomic mass is 10.1. The number of carbonyl (C=O) groups is 1. The highest BCUT2D eigenvalue weighted by molar-refractivity contribution is 8.19. The minimum absolute atomic E-state index is 0.0594. The van der Waals surface area contributed by atoms with Gasteiger partial charge < -0.3 is 19.4 Å². The molecule has 1 aliphatic heterocycles. The number of amides is 1. The molecule has 0 bridgehead atoms. The lowest BCUT2D eigenvalue weighted by Crippen LogP contribution is -2.48. The number of halogens is 1. The van der Waals surface area contributed by atoms with Crippen LogP contribution in [0, 0.1) is 6.92 Å². The number of hydrogen-bond donors (Lipinski definition) is 2. The van der Waals surface area contributed by atoms with Crippen molar-refractivity contribution >= 4 is 54.5 Å². The van der Waals surface area contributed by atoms with Gasteiger partial charge in [-0.25, -0.2) is 0 Å². The smallest absolute Gasteiger partial charge is 0.271 e. The van der Waals surface area contributed by atoms with Crippen molar-refractivity contribution in [3.8, 4) is 5.75 Å². The summed E-state index contributed by atoms with van der Waals surface area (Å²) in [7, 11) is -2.16. The second-order valence-electron chi connectivity index (χ2n) is 11.2. The van der Waals surface area contributed by atoms with E-state index in [4.69, 9.17) is 20.8 Å². The molecular weight excluding hydrogens is 552 g/mol. The van der Waals surface area contributed by atoms with Crippen molar-refractivity contribution in [2.75, 3.05) is 24.7 Å². The number of ether oxygens (including phenoxy) is 1. The number of rotatable bonds is 10. The molecule has 3 rings (SSSR count). The number of benzene rings is 2. The summed E-state index contributed by atoms with van der Waals surface area (Å²) in [6, 6.07) is 12.8. The van der Waals surface area contributed by atoms with Gasteiger partial charge in [0.2, 0.25) is 5.79 Å². The van der Waals surface area contributed by atoms with Crippen molar-refractivity contribution < 1.29 is 24.2 Å². The van der Waals surface area contributed by atoms with Crippen LogP contribution in [0.1, 0.15) is 45.2 Å². The molecule has 0 spiro atoms. The summed E-state index contributed by atoms with van der Waals surface area (Å²) in [5.41, 5.74) is 2.51. The zero-order valence-corrected chi connectivity index (χ0v) is 26.3. The molecule has 2 aromatic carbocycles. The topological polar surface area (TPSA) is 91.6 Å². The van der Waals surface area contributed by atoms with E-state index in [0.29, 0.717) is 27.9 Å². The van der Waals surface area contributed by atoms with Crippen LogP contribution >= 0.6 is 23.4 Å². The van der Waals surface area contributed by atoms with E-state index in [1.54, 1.807) is 29.2 Å². The molecular formula is C29H39ClN2O5SSi. The minimum atomic E-state index is -2.17. The van der Waals surface area contributed by atoms with Gasteiger partial charge in [-0.05, 0) is 78.6 Å². The Kier molecular flexibility index (Phi) is 10.1. The number of thioether (sulfide) groups is 1. The van der Waals surface area contributed by atoms with Crippen LogP contribution in [-0.2, 0) is 9.22 Å². The van der Waals surface area contributed by atoms with Crippen LogP contribution in [0.15, 0.2) is 52.4 Å². The van der Waals surface area contributed by atoms with E-state index in [9.17, 15) is 15.0 Å². The molecule has 10 heteroatoms. The maximum absolute atomic E-state index is 13.4. The number of aliphatic hydroxyl groups is 2. The van der Waals surface area contributed by atoms with E-state index in [1.807, 2.05) is 51.2 Å². The van der Waals surface area contributed by atoms with Gasteiger partial charge in [0.1, 0.15) is 12.4 Å². The van der Waals surface area contributed by atoms with E-state index < -0.39 is 20.7 Å². The molecule has 0 atom stereocenters. The number of carbonyl (C=O) groups excluding carboxylic acids is 1. The predicted octanol–water partition coefficient (Wildman–Crippen LogP) is 6.62. The van der Waals surface area contributed by atoms with Crippen LogP contribution in [0.2, 0.25) is 23.2 Å². The van der Waals surface area contributed by atoms with E-state index >= 15 is 0 Å². The maximum atomic E-state index is 13.4. The highest BCUT2D eigenvalue weighted by atomic mass is 35.5. The molecule has 2 aromatic rings. The number of para-hydroxylation sites is 1. The summed E-state index contributed by atoms with van der Waals surface area (Å²) in [5.74, 6) is -2.01. The lowest BCUT2D eigenvalue weighted by molar-refractivity contribution is -0.200. The van der Waals surface area contributed by atoms with Gasteiger partial charge in [0.05, 0.1) is 22.2 Å². The van der Waals surface area contributed by atoms with Crippen LogP contribution in [0.3, 0.4) is 0 Å². The first kappa shape index (κ1) is 31.4. The maximum Gasteiger partial charge on any atom is 0.271 e. The fourth-order valence-corrected chi connectivity index (χ4v) is 5.70. The highest BCUT2D eigenvalue weighted by Gasteiger charge is 2.40. The van der Waals surface area contributed by atoms with Crippen molar-refractivity contribution in [3.63, 3.8) is 0 Å². The fraction of sp³-hybridized carbons (Fsp3) is 0.448. The summed E-state index contributed by atoms with van der Waals surface area (Å²) < 4.78 is 11.6. The second-order valence-corrected chi connectivity index (χ2v) is 17.4. The Hall–Kier alpha value is -2.14. The highest BCUT2D eigenvalue weighted by Crippen LogP contribution is 2.39. The average molecular weight is 591 g/mol. The number of nitrogens with zero attached hydrogens (tertiary/aromatic N) is 2. The molecule has 1 heterocycles. The largest absolute Gasteiger partial charge is 0.486 e. The summed E-state index contributed by atoms with van der Waals surface area (Å²) in [5, 5.41) is 21.7. The first-order valence-electron chi connectivity index (χ1n) is 13.0. The van der Waals surface area contributed by atoms with E-state index in [0.717, 1.165) is 17.7 Å². The number of aryl methyl sites for hydroxylation is 1. The Labute approximate surface area is 242 Å². The van der Waals surface area contributed by atoms with Crippen LogP contribution in [0.5, 0.6) is 5.75 Å². The Bertz CT molecular complexity index is 1260. The van der Waals surface area contributed by atoms with Crippen molar-refractivity contribution in [3.05, 3.63) is 63.5 Å². The Morgan fingerprint density at radius 2 is 1.82 bits per heavy atom. The fourth-order valence-electron chi connectivity index (χ4n) is 3.44. The van der Waals surface area contributed by atoms with Crippen molar-refractivity contribution in [2.45, 2.75) is 65.0 Å². The van der Waals surface area contributed by atoms with Gasteiger partial charge in [0, 0.05) is 6.54 Å². The molecule has 7 nitrogen and oxygen atoms in total. The summed E-state index contributed by atoms with van der Waals surface area (Å²) in [6.07, 6.45) is 2.65. The zero-order chi connectivity index (χ0) is 29.0. The number of hydrogen-bond acceptors (Lipinski definition) is 7. The van der Waals surface area contributed by atoms with E-state index in [1.165, 1.54) is 11.8 Å². The molecule has 1 amide bonds. The summed E-state index contributed by atoms with van der Waals surface area (Å²) >= 11 is 7.80. The van der Waals surface area contributed by atoms with Gasteiger partial charge in [0.15, 0.2) is 13.5 Å². The Morgan fingerprint density at radius 3 is 2.44 bits per heavy atom. The Balaban J connectivity index is 1.74. The third-order valence-electron chi connectivity index (χ3n) is 6.82. The van der Waals surface area contributed by atoms with E-state index in [-0.39, 0.29) is 22.6 Å². The standard InChI is InChI=1S/C29H39ClN2O5SSi/c1-8-15-31-27-32(23-12-10-9-11-20(23)2)26(33)25(38-27)17-21-13-14-24(22(30)16-21)36-18-29(34,35)19-37-39(6,7)28(3,4)5/h9-14,16-17,34-35H,8,15,18-19H2,1-7H3. The molecule has 0 saturated carbocycles. The molecule has 0 aliphatic carbocycles. The van der Waals surface area contributed by atoms with Gasteiger partial charge >= 0.3 is 0 Å². The molecule has 212 valence electrons. The molecule has 1 aliphatic rings. The number of amidine groups is 1. The normalized spacial score (nSPS) is 17.0. The van der Waals surface area contributed by atoms with Gasteiger partial charge in [-0.2, -0.15) is 0 Å². The quantitative estimate of drug-likeness (QED) is 0.184. The van der Waals surface area contributed by atoms with Crippen LogP contribution < -0.4 is 9.64 Å². The first-order chi connectivity index (χ1) is 18.1. The molecule has 2 N–H and O–H groups in total. The third-order valence-corrected chi connectivity index (χ3v) is 12.6. The SMILES string of the molecule is CCCN=C1SC(=Cc2ccc(OCC(O)(O)CO[Si](C)(C)C(C)(C)C)c(Cl)c2)C(=O)N1c1ccccc1C. The molecule has 1 saturated heterocycles. The molecule has 39 heavy (non-hydrogen) atoms. The lowest BCUT2D eigenvalue weighted by Gasteiger charge is -2.38. The molecule has 0 radical (unpaired) electrons. The summed E-state index contributed by atoms with van der Waals surface area (Å²) in [4.78, 5) is 20.3.